The number of piperidine rings is 1. The fourth-order valence-electron chi connectivity index (χ4n) is 2.46. The Balaban J connectivity index is 1.58. The molecule has 0 unspecified atom stereocenters. The lowest BCUT2D eigenvalue weighted by atomic mass is 10.1. The topological polar surface area (TPSA) is 62.0 Å². The van der Waals surface area contributed by atoms with Crippen LogP contribution in [0.15, 0.2) is 36.7 Å². The highest BCUT2D eigenvalue weighted by molar-refractivity contribution is 14.1. The van der Waals surface area contributed by atoms with Gasteiger partial charge in [-0.05, 0) is 34.7 Å². The Morgan fingerprint density at radius 3 is 2.59 bits per heavy atom. The number of para-hydroxylation sites is 1. The molecular formula is C16H15IN4O. The van der Waals surface area contributed by atoms with Gasteiger partial charge in [0.1, 0.15) is 23.7 Å². The van der Waals surface area contributed by atoms with Crippen molar-refractivity contribution in [1.29, 1.82) is 5.26 Å². The summed E-state index contributed by atoms with van der Waals surface area (Å²) in [4.78, 5) is 10.6. The highest BCUT2D eigenvalue weighted by Gasteiger charge is 2.22. The number of ether oxygens (including phenoxy) is 1. The molecule has 112 valence electrons. The Labute approximate surface area is 143 Å². The van der Waals surface area contributed by atoms with Crippen LogP contribution >= 0.6 is 22.6 Å². The van der Waals surface area contributed by atoms with Crippen molar-refractivity contribution in [2.24, 2.45) is 0 Å². The van der Waals surface area contributed by atoms with Gasteiger partial charge in [0.05, 0.1) is 16.0 Å². The molecule has 0 radical (unpaired) electrons. The SMILES string of the molecule is N#Cc1cnc(N2CCC(Oc3ccccc3I)CC2)cn1. The minimum absolute atomic E-state index is 0.235. The number of aromatic nitrogens is 2. The number of anilines is 1. The summed E-state index contributed by atoms with van der Waals surface area (Å²) in [5.41, 5.74) is 0.348. The number of hydrogen-bond acceptors (Lipinski definition) is 5. The van der Waals surface area contributed by atoms with Crippen LogP contribution in [0.3, 0.4) is 0 Å². The molecule has 1 aliphatic rings. The van der Waals surface area contributed by atoms with Crippen molar-refractivity contribution in [3.8, 4) is 11.8 Å². The Hall–Kier alpha value is -1.88. The van der Waals surface area contributed by atoms with E-state index in [1.807, 2.05) is 24.3 Å². The lowest BCUT2D eigenvalue weighted by Crippen LogP contribution is -2.38. The molecule has 0 atom stereocenters. The maximum Gasteiger partial charge on any atom is 0.158 e. The Morgan fingerprint density at radius 2 is 1.95 bits per heavy atom. The maximum atomic E-state index is 8.75. The fraction of sp³-hybridized carbons (Fsp3) is 0.312. The first-order valence-electron chi connectivity index (χ1n) is 7.14. The van der Waals surface area contributed by atoms with Crippen molar-refractivity contribution >= 4 is 28.4 Å². The zero-order chi connectivity index (χ0) is 15.4. The van der Waals surface area contributed by atoms with Gasteiger partial charge in [0, 0.05) is 25.9 Å². The molecule has 1 aromatic carbocycles. The fourth-order valence-corrected chi connectivity index (χ4v) is 2.98. The van der Waals surface area contributed by atoms with Gasteiger partial charge in [-0.2, -0.15) is 5.26 Å². The van der Waals surface area contributed by atoms with Crippen LogP contribution in [0.4, 0.5) is 5.82 Å². The Morgan fingerprint density at radius 1 is 1.18 bits per heavy atom. The summed E-state index contributed by atoms with van der Waals surface area (Å²) in [6.45, 7) is 1.77. The molecule has 1 saturated heterocycles. The normalized spacial score (nSPS) is 15.4. The van der Waals surface area contributed by atoms with Gasteiger partial charge >= 0.3 is 0 Å². The second kappa shape index (κ2) is 6.92. The van der Waals surface area contributed by atoms with E-state index in [4.69, 9.17) is 10.00 Å². The van der Waals surface area contributed by atoms with Crippen LogP contribution < -0.4 is 9.64 Å². The second-order valence-corrected chi connectivity index (χ2v) is 6.27. The van der Waals surface area contributed by atoms with E-state index < -0.39 is 0 Å². The Bertz CT molecular complexity index is 675. The first-order chi connectivity index (χ1) is 10.8. The van der Waals surface area contributed by atoms with Crippen LogP contribution in [0, 0.1) is 14.9 Å². The van der Waals surface area contributed by atoms with Gasteiger partial charge in [0.2, 0.25) is 0 Å². The van der Waals surface area contributed by atoms with Crippen LogP contribution in [-0.4, -0.2) is 29.2 Å². The maximum absolute atomic E-state index is 8.75. The first-order valence-corrected chi connectivity index (χ1v) is 8.22. The number of hydrogen-bond donors (Lipinski definition) is 0. The molecule has 2 aromatic rings. The zero-order valence-corrected chi connectivity index (χ0v) is 14.1. The highest BCUT2D eigenvalue weighted by Crippen LogP contribution is 2.25. The molecule has 0 spiro atoms. The molecule has 5 nitrogen and oxygen atoms in total. The number of nitriles is 1. The standard InChI is InChI=1S/C16H15IN4O/c17-14-3-1-2-4-15(14)22-13-5-7-21(8-6-13)16-11-19-12(9-18)10-20-16/h1-4,10-11,13H,5-8H2. The number of rotatable bonds is 3. The van der Waals surface area contributed by atoms with E-state index in [9.17, 15) is 0 Å². The van der Waals surface area contributed by atoms with Crippen molar-refractivity contribution in [1.82, 2.24) is 9.97 Å². The molecule has 1 fully saturated rings. The van der Waals surface area contributed by atoms with Crippen LogP contribution in [0.5, 0.6) is 5.75 Å². The quantitative estimate of drug-likeness (QED) is 0.734. The summed E-state index contributed by atoms with van der Waals surface area (Å²) in [7, 11) is 0. The highest BCUT2D eigenvalue weighted by atomic mass is 127. The second-order valence-electron chi connectivity index (χ2n) is 5.11. The summed E-state index contributed by atoms with van der Waals surface area (Å²) < 4.78 is 7.23. The van der Waals surface area contributed by atoms with Gasteiger partial charge < -0.3 is 9.64 Å². The number of nitrogens with zero attached hydrogens (tertiary/aromatic N) is 4. The van der Waals surface area contributed by atoms with Crippen LogP contribution in [0.25, 0.3) is 0 Å². The van der Waals surface area contributed by atoms with Gasteiger partial charge in [-0.15, -0.1) is 0 Å². The Kier molecular flexibility index (Phi) is 4.73. The number of benzene rings is 1. The zero-order valence-electron chi connectivity index (χ0n) is 11.9. The molecule has 6 heteroatoms. The largest absolute Gasteiger partial charge is 0.489 e. The third-order valence-electron chi connectivity index (χ3n) is 3.65. The molecule has 22 heavy (non-hydrogen) atoms. The van der Waals surface area contributed by atoms with Gasteiger partial charge in [-0.3, -0.25) is 0 Å². The molecule has 0 N–H and O–H groups in total. The molecule has 1 aliphatic heterocycles. The number of halogens is 1. The van der Waals surface area contributed by atoms with Gasteiger partial charge in [-0.1, -0.05) is 12.1 Å². The van der Waals surface area contributed by atoms with Crippen molar-refractivity contribution < 1.29 is 4.74 Å². The van der Waals surface area contributed by atoms with Gasteiger partial charge in [0.25, 0.3) is 0 Å². The molecule has 0 saturated carbocycles. The third kappa shape index (κ3) is 3.47. The van der Waals surface area contributed by atoms with Crippen molar-refractivity contribution in [2.45, 2.75) is 18.9 Å². The van der Waals surface area contributed by atoms with Gasteiger partial charge in [-0.25, -0.2) is 9.97 Å². The van der Waals surface area contributed by atoms with Crippen LogP contribution in [0.2, 0.25) is 0 Å². The molecule has 0 amide bonds. The monoisotopic (exact) mass is 406 g/mol. The molecular weight excluding hydrogens is 391 g/mol. The predicted octanol–water partition coefficient (Wildman–Crippen LogP) is 3.00. The van der Waals surface area contributed by atoms with Gasteiger partial charge in [0.15, 0.2) is 5.69 Å². The lowest BCUT2D eigenvalue weighted by Gasteiger charge is -2.32. The molecule has 1 aromatic heterocycles. The summed E-state index contributed by atoms with van der Waals surface area (Å²) in [6, 6.07) is 10.1. The third-order valence-corrected chi connectivity index (χ3v) is 4.54. The summed E-state index contributed by atoms with van der Waals surface area (Å²) in [5.74, 6) is 1.78. The van der Waals surface area contributed by atoms with Crippen LogP contribution in [-0.2, 0) is 0 Å². The minimum Gasteiger partial charge on any atom is -0.489 e. The van der Waals surface area contributed by atoms with E-state index in [2.05, 4.69) is 43.5 Å². The average molecular weight is 406 g/mol. The minimum atomic E-state index is 0.235. The van der Waals surface area contributed by atoms with Crippen molar-refractivity contribution in [3.05, 3.63) is 45.9 Å². The van der Waals surface area contributed by atoms with E-state index in [0.717, 1.165) is 41.1 Å². The van der Waals surface area contributed by atoms with E-state index in [1.54, 1.807) is 6.20 Å². The molecule has 2 heterocycles. The van der Waals surface area contributed by atoms with E-state index in [0.29, 0.717) is 5.69 Å². The predicted molar refractivity (Wildman–Crippen MR) is 91.8 cm³/mol. The van der Waals surface area contributed by atoms with E-state index >= 15 is 0 Å². The smallest absolute Gasteiger partial charge is 0.158 e. The lowest BCUT2D eigenvalue weighted by molar-refractivity contribution is 0.169. The van der Waals surface area contributed by atoms with E-state index in [1.165, 1.54) is 6.20 Å². The first kappa shape index (κ1) is 15.0. The molecule has 3 rings (SSSR count). The van der Waals surface area contributed by atoms with E-state index in [-0.39, 0.29) is 6.10 Å². The average Bonchev–Trinajstić information content (AvgIpc) is 2.58. The molecule has 0 bridgehead atoms. The summed E-state index contributed by atoms with van der Waals surface area (Å²) in [6.07, 6.45) is 5.32. The van der Waals surface area contributed by atoms with Crippen molar-refractivity contribution in [3.63, 3.8) is 0 Å². The molecule has 0 aliphatic carbocycles. The summed E-state index contributed by atoms with van der Waals surface area (Å²) in [5, 5.41) is 8.75. The summed E-state index contributed by atoms with van der Waals surface area (Å²) >= 11 is 2.30. The van der Waals surface area contributed by atoms with Crippen molar-refractivity contribution in [2.75, 3.05) is 18.0 Å². The van der Waals surface area contributed by atoms with Crippen LogP contribution in [0.1, 0.15) is 18.5 Å².